The van der Waals surface area contributed by atoms with Gasteiger partial charge in [-0.15, -0.1) is 11.3 Å². The van der Waals surface area contributed by atoms with Gasteiger partial charge in [-0.2, -0.15) is 0 Å². The first-order valence-electron chi connectivity index (χ1n) is 5.76. The van der Waals surface area contributed by atoms with Crippen LogP contribution in [0, 0.1) is 0 Å². The van der Waals surface area contributed by atoms with E-state index in [9.17, 15) is 4.79 Å². The van der Waals surface area contributed by atoms with Crippen LogP contribution in [0.1, 0.15) is 22.2 Å². The number of ether oxygens (including phenoxy) is 1. The second-order valence-corrected chi connectivity index (χ2v) is 6.45. The van der Waals surface area contributed by atoms with Gasteiger partial charge >= 0.3 is 5.97 Å². The topological polar surface area (TPSA) is 78.1 Å². The van der Waals surface area contributed by atoms with E-state index in [2.05, 4.69) is 25.9 Å². The molecule has 5 nitrogen and oxygen atoms in total. The maximum Gasteiger partial charge on any atom is 0.343 e. The molecule has 0 aliphatic carbocycles. The SMILES string of the molecule is CCOC(=O)c1cnc(SCc2sccc2Br)nc1N. The molecular weight excluding hydrogens is 362 g/mol. The molecule has 0 saturated heterocycles. The summed E-state index contributed by atoms with van der Waals surface area (Å²) < 4.78 is 5.95. The molecule has 0 bridgehead atoms. The number of rotatable bonds is 5. The number of carbonyl (C=O) groups excluding carboxylic acids is 1. The van der Waals surface area contributed by atoms with Crippen LogP contribution in [0.4, 0.5) is 5.82 Å². The third-order valence-corrected chi connectivity index (χ3v) is 5.31. The van der Waals surface area contributed by atoms with Gasteiger partial charge in [0, 0.05) is 21.3 Å². The maximum atomic E-state index is 11.6. The van der Waals surface area contributed by atoms with Crippen LogP contribution in [-0.4, -0.2) is 22.5 Å². The van der Waals surface area contributed by atoms with Crippen molar-refractivity contribution in [1.82, 2.24) is 9.97 Å². The summed E-state index contributed by atoms with van der Waals surface area (Å²) in [6, 6.07) is 2.00. The number of thioether (sulfide) groups is 1. The molecule has 8 heteroatoms. The number of esters is 1. The number of nitrogens with zero attached hydrogens (tertiary/aromatic N) is 2. The minimum atomic E-state index is -0.498. The van der Waals surface area contributed by atoms with Gasteiger partial charge in [-0.1, -0.05) is 11.8 Å². The fourth-order valence-electron chi connectivity index (χ4n) is 1.37. The molecule has 0 unspecified atom stereocenters. The standard InChI is InChI=1S/C12H12BrN3O2S2/c1-2-18-11(17)7-5-15-12(16-10(7)14)20-6-9-8(13)3-4-19-9/h3-5H,2,6H2,1H3,(H2,14,15,16). The fourth-order valence-corrected chi connectivity index (χ4v) is 3.99. The second-order valence-electron chi connectivity index (χ2n) is 3.65. The van der Waals surface area contributed by atoms with E-state index in [4.69, 9.17) is 10.5 Å². The van der Waals surface area contributed by atoms with Gasteiger partial charge in [0.2, 0.25) is 0 Å². The summed E-state index contributed by atoms with van der Waals surface area (Å²) in [5.41, 5.74) is 5.96. The van der Waals surface area contributed by atoms with Crippen molar-refractivity contribution in [3.63, 3.8) is 0 Å². The van der Waals surface area contributed by atoms with Crippen LogP contribution in [0.25, 0.3) is 0 Å². The van der Waals surface area contributed by atoms with E-state index in [0.29, 0.717) is 11.8 Å². The normalized spacial score (nSPS) is 10.5. The molecule has 2 N–H and O–H groups in total. The van der Waals surface area contributed by atoms with Crippen molar-refractivity contribution in [3.05, 3.63) is 32.6 Å². The van der Waals surface area contributed by atoms with Crippen LogP contribution in [-0.2, 0) is 10.5 Å². The van der Waals surface area contributed by atoms with Gasteiger partial charge in [-0.05, 0) is 34.3 Å². The van der Waals surface area contributed by atoms with E-state index in [1.165, 1.54) is 22.8 Å². The summed E-state index contributed by atoms with van der Waals surface area (Å²) >= 11 is 6.60. The minimum absolute atomic E-state index is 0.145. The van der Waals surface area contributed by atoms with Gasteiger partial charge in [0.1, 0.15) is 11.4 Å². The highest BCUT2D eigenvalue weighted by Crippen LogP contribution is 2.29. The Morgan fingerprint density at radius 2 is 2.40 bits per heavy atom. The molecule has 0 aliphatic rings. The minimum Gasteiger partial charge on any atom is -0.462 e. The summed E-state index contributed by atoms with van der Waals surface area (Å²) in [4.78, 5) is 21.0. The highest BCUT2D eigenvalue weighted by molar-refractivity contribution is 9.10. The number of nitrogens with two attached hydrogens (primary N) is 1. The molecule has 20 heavy (non-hydrogen) atoms. The molecule has 2 aromatic rings. The van der Waals surface area contributed by atoms with Crippen LogP contribution < -0.4 is 5.73 Å². The number of thiophene rings is 1. The van der Waals surface area contributed by atoms with Crippen LogP contribution in [0.15, 0.2) is 27.3 Å². The number of hydrogen-bond donors (Lipinski definition) is 1. The zero-order chi connectivity index (χ0) is 14.5. The van der Waals surface area contributed by atoms with E-state index in [1.807, 2.05) is 11.4 Å². The number of hydrogen-bond acceptors (Lipinski definition) is 7. The molecule has 0 atom stereocenters. The third-order valence-electron chi connectivity index (χ3n) is 2.31. The van der Waals surface area contributed by atoms with Crippen molar-refractivity contribution in [2.75, 3.05) is 12.3 Å². The first-order valence-corrected chi connectivity index (χ1v) is 8.42. The van der Waals surface area contributed by atoms with Crippen LogP contribution in [0.2, 0.25) is 0 Å². The Balaban J connectivity index is 2.05. The predicted octanol–water partition coefficient (Wildman–Crippen LogP) is 3.35. The molecule has 2 rings (SSSR count). The van der Waals surface area contributed by atoms with Crippen LogP contribution >= 0.6 is 39.0 Å². The average Bonchev–Trinajstić information content (AvgIpc) is 2.82. The monoisotopic (exact) mass is 373 g/mol. The smallest absolute Gasteiger partial charge is 0.343 e. The average molecular weight is 374 g/mol. The molecule has 0 saturated carbocycles. The van der Waals surface area contributed by atoms with Gasteiger partial charge in [-0.3, -0.25) is 0 Å². The van der Waals surface area contributed by atoms with Crippen molar-refractivity contribution >= 4 is 50.8 Å². The first kappa shape index (κ1) is 15.3. The molecule has 2 aromatic heterocycles. The number of nitrogen functional groups attached to an aromatic ring is 1. The zero-order valence-corrected chi connectivity index (χ0v) is 13.8. The van der Waals surface area contributed by atoms with Crippen molar-refractivity contribution in [2.24, 2.45) is 0 Å². The van der Waals surface area contributed by atoms with Crippen molar-refractivity contribution in [3.8, 4) is 0 Å². The largest absolute Gasteiger partial charge is 0.462 e. The Hall–Kier alpha value is -1.12. The molecule has 2 heterocycles. The molecule has 0 radical (unpaired) electrons. The van der Waals surface area contributed by atoms with Gasteiger partial charge in [-0.25, -0.2) is 14.8 Å². The Kier molecular flexibility index (Phi) is 5.38. The molecule has 0 fully saturated rings. The quantitative estimate of drug-likeness (QED) is 0.491. The lowest BCUT2D eigenvalue weighted by Gasteiger charge is -2.05. The molecule has 0 spiro atoms. The lowest BCUT2D eigenvalue weighted by atomic mass is 10.3. The Labute approximate surface area is 133 Å². The van der Waals surface area contributed by atoms with Gasteiger partial charge in [0.05, 0.1) is 6.61 Å². The van der Waals surface area contributed by atoms with Crippen molar-refractivity contribution in [2.45, 2.75) is 17.8 Å². The first-order chi connectivity index (χ1) is 9.61. The van der Waals surface area contributed by atoms with Gasteiger partial charge < -0.3 is 10.5 Å². The summed E-state index contributed by atoms with van der Waals surface area (Å²) in [6.07, 6.45) is 1.41. The molecule has 0 amide bonds. The van der Waals surface area contributed by atoms with Crippen molar-refractivity contribution < 1.29 is 9.53 Å². The van der Waals surface area contributed by atoms with E-state index in [0.717, 1.165) is 10.2 Å². The molecular formula is C12H12BrN3O2S2. The third kappa shape index (κ3) is 3.71. The Bertz CT molecular complexity index is 618. The summed E-state index contributed by atoms with van der Waals surface area (Å²) in [5.74, 6) is 0.393. The molecule has 0 aromatic carbocycles. The summed E-state index contributed by atoms with van der Waals surface area (Å²) in [7, 11) is 0. The highest BCUT2D eigenvalue weighted by atomic mass is 79.9. The lowest BCUT2D eigenvalue weighted by molar-refractivity contribution is 0.0526. The van der Waals surface area contributed by atoms with Crippen LogP contribution in [0.5, 0.6) is 0 Å². The van der Waals surface area contributed by atoms with Crippen LogP contribution in [0.3, 0.4) is 0 Å². The van der Waals surface area contributed by atoms with Gasteiger partial charge in [0.15, 0.2) is 5.16 Å². The predicted molar refractivity (Wildman–Crippen MR) is 84.0 cm³/mol. The number of anilines is 1. The Morgan fingerprint density at radius 3 is 3.00 bits per heavy atom. The van der Waals surface area contributed by atoms with E-state index in [1.54, 1.807) is 18.3 Å². The number of carbonyl (C=O) groups is 1. The van der Waals surface area contributed by atoms with E-state index in [-0.39, 0.29) is 11.4 Å². The second kappa shape index (κ2) is 7.05. The molecule has 106 valence electrons. The lowest BCUT2D eigenvalue weighted by Crippen LogP contribution is -2.10. The summed E-state index contributed by atoms with van der Waals surface area (Å²) in [6.45, 7) is 2.03. The Morgan fingerprint density at radius 1 is 1.60 bits per heavy atom. The van der Waals surface area contributed by atoms with E-state index < -0.39 is 5.97 Å². The maximum absolute atomic E-state index is 11.6. The number of halogens is 1. The highest BCUT2D eigenvalue weighted by Gasteiger charge is 2.14. The van der Waals surface area contributed by atoms with Gasteiger partial charge in [0.25, 0.3) is 0 Å². The number of aromatic nitrogens is 2. The van der Waals surface area contributed by atoms with Crippen molar-refractivity contribution in [1.29, 1.82) is 0 Å². The van der Waals surface area contributed by atoms with E-state index >= 15 is 0 Å². The molecule has 0 aliphatic heterocycles. The zero-order valence-electron chi connectivity index (χ0n) is 10.6. The summed E-state index contributed by atoms with van der Waals surface area (Å²) in [5, 5.41) is 2.55. The fraction of sp³-hybridized carbons (Fsp3) is 0.250.